The predicted molar refractivity (Wildman–Crippen MR) is 65.2 cm³/mol. The average Bonchev–Trinajstić information content (AvgIpc) is 2.57. The highest BCUT2D eigenvalue weighted by atomic mass is 16.6. The van der Waals surface area contributed by atoms with Gasteiger partial charge < -0.3 is 36.5 Å². The van der Waals surface area contributed by atoms with Crippen molar-refractivity contribution in [3.63, 3.8) is 0 Å². The minimum Gasteiger partial charge on any atom is -0.412 e. The van der Waals surface area contributed by atoms with E-state index in [1.54, 1.807) is 0 Å². The molecule has 118 valence electrons. The Bertz CT molecular complexity index is 513. The van der Waals surface area contributed by atoms with Crippen LogP contribution in [0.2, 0.25) is 0 Å². The number of H-pyrrole nitrogens is 1. The number of aliphatic hydroxyl groups is 3. The Morgan fingerprint density at radius 2 is 1.80 bits per heavy atom. The number of rotatable bonds is 2. The number of nitrogens with zero attached hydrogens (tertiary/aromatic N) is 1. The van der Waals surface area contributed by atoms with Crippen LogP contribution in [0.3, 0.4) is 0 Å². The van der Waals surface area contributed by atoms with E-state index in [-0.39, 0.29) is 16.4 Å². The average molecular weight is 298 g/mol. The maximum atomic E-state index is 11.4. The summed E-state index contributed by atoms with van der Waals surface area (Å²) in [6.45, 7) is -0.479. The lowest BCUT2D eigenvalue weighted by atomic mass is 10.1. The van der Waals surface area contributed by atoms with E-state index in [0.29, 0.717) is 0 Å². The standard InChI is InChI=1S/C9H12N2O6.3H2O/c12-3-4-6(14)7(15)8(17-4)11-2-1-5(13)10-9(11)16;;;/h1-2,4,6-8,12,14-15H,3H2,(H,10,13,16);3*1H2/t4-,6-,7-,8-;;;/m1.../s1. The van der Waals surface area contributed by atoms with E-state index >= 15 is 0 Å². The summed E-state index contributed by atoms with van der Waals surface area (Å²) in [6.07, 6.45) is -3.58. The molecule has 0 spiro atoms. The summed E-state index contributed by atoms with van der Waals surface area (Å²) in [5, 5.41) is 28.1. The molecule has 20 heavy (non-hydrogen) atoms. The fourth-order valence-electron chi connectivity index (χ4n) is 1.74. The van der Waals surface area contributed by atoms with E-state index < -0.39 is 42.4 Å². The van der Waals surface area contributed by atoms with E-state index in [4.69, 9.17) is 9.84 Å². The van der Waals surface area contributed by atoms with E-state index in [1.807, 2.05) is 4.98 Å². The molecule has 4 atom stereocenters. The molecule has 0 saturated carbocycles. The monoisotopic (exact) mass is 298 g/mol. The van der Waals surface area contributed by atoms with Gasteiger partial charge in [0.1, 0.15) is 18.3 Å². The Labute approximate surface area is 111 Å². The molecule has 2 rings (SSSR count). The highest BCUT2D eigenvalue weighted by Gasteiger charge is 2.43. The molecule has 2 heterocycles. The third-order valence-corrected chi connectivity index (χ3v) is 2.64. The number of aliphatic hydroxyl groups excluding tert-OH is 3. The Morgan fingerprint density at radius 1 is 1.20 bits per heavy atom. The van der Waals surface area contributed by atoms with Crippen LogP contribution in [0.4, 0.5) is 0 Å². The first kappa shape index (κ1) is 20.7. The molecule has 1 aliphatic rings. The van der Waals surface area contributed by atoms with Gasteiger partial charge in [0.2, 0.25) is 0 Å². The molecule has 0 aliphatic carbocycles. The van der Waals surface area contributed by atoms with Gasteiger partial charge in [0.15, 0.2) is 6.23 Å². The minimum absolute atomic E-state index is 0. The van der Waals surface area contributed by atoms with Crippen molar-refractivity contribution in [3.05, 3.63) is 33.1 Å². The van der Waals surface area contributed by atoms with Gasteiger partial charge in [-0.3, -0.25) is 14.3 Å². The largest absolute Gasteiger partial charge is 0.412 e. The molecular weight excluding hydrogens is 280 g/mol. The van der Waals surface area contributed by atoms with Crippen LogP contribution in [0.25, 0.3) is 0 Å². The lowest BCUT2D eigenvalue weighted by molar-refractivity contribution is -0.0550. The van der Waals surface area contributed by atoms with Crippen LogP contribution in [0.1, 0.15) is 6.23 Å². The van der Waals surface area contributed by atoms with E-state index in [2.05, 4.69) is 0 Å². The second-order valence-corrected chi connectivity index (χ2v) is 3.75. The number of aromatic nitrogens is 2. The number of nitrogens with one attached hydrogen (secondary N) is 1. The Kier molecular flexibility index (Phi) is 8.14. The molecule has 1 aromatic rings. The van der Waals surface area contributed by atoms with Crippen molar-refractivity contribution in [2.45, 2.75) is 24.5 Å². The van der Waals surface area contributed by atoms with Crippen molar-refractivity contribution >= 4 is 0 Å². The zero-order valence-electron chi connectivity index (χ0n) is 10.2. The van der Waals surface area contributed by atoms with Crippen LogP contribution in [0.15, 0.2) is 21.9 Å². The van der Waals surface area contributed by atoms with Crippen molar-refractivity contribution in [3.8, 4) is 0 Å². The van der Waals surface area contributed by atoms with E-state index in [0.717, 1.165) is 16.8 Å². The molecule has 1 saturated heterocycles. The minimum atomic E-state index is -1.35. The van der Waals surface area contributed by atoms with E-state index in [1.165, 1.54) is 0 Å². The van der Waals surface area contributed by atoms with Crippen LogP contribution < -0.4 is 11.2 Å². The van der Waals surface area contributed by atoms with Crippen LogP contribution in [0.5, 0.6) is 0 Å². The summed E-state index contributed by atoms with van der Waals surface area (Å²) in [7, 11) is 0. The summed E-state index contributed by atoms with van der Waals surface area (Å²) in [6, 6.07) is 1.09. The van der Waals surface area contributed by atoms with Gasteiger partial charge in [0.05, 0.1) is 6.61 Å². The van der Waals surface area contributed by atoms with Gasteiger partial charge in [-0.15, -0.1) is 0 Å². The fraction of sp³-hybridized carbons (Fsp3) is 0.556. The van der Waals surface area contributed by atoms with Gasteiger partial charge in [-0.05, 0) is 0 Å². The second kappa shape index (κ2) is 7.86. The van der Waals surface area contributed by atoms with Crippen molar-refractivity contribution in [2.24, 2.45) is 0 Å². The Morgan fingerprint density at radius 3 is 2.25 bits per heavy atom. The third-order valence-electron chi connectivity index (χ3n) is 2.64. The highest BCUT2D eigenvalue weighted by Crippen LogP contribution is 2.27. The molecule has 0 unspecified atom stereocenters. The van der Waals surface area contributed by atoms with Gasteiger partial charge in [-0.25, -0.2) is 4.79 Å². The smallest absolute Gasteiger partial charge is 0.330 e. The first-order valence-corrected chi connectivity index (χ1v) is 4.98. The summed E-state index contributed by atoms with van der Waals surface area (Å²) < 4.78 is 6.08. The first-order valence-electron chi connectivity index (χ1n) is 4.98. The molecule has 1 aliphatic heterocycles. The number of ether oxygens (including phenoxy) is 1. The fourth-order valence-corrected chi connectivity index (χ4v) is 1.74. The van der Waals surface area contributed by atoms with Crippen LogP contribution in [-0.2, 0) is 4.74 Å². The topological polar surface area (TPSA) is 219 Å². The number of hydrogen-bond acceptors (Lipinski definition) is 6. The molecule has 0 aromatic carbocycles. The quantitative estimate of drug-likeness (QED) is 0.417. The van der Waals surface area contributed by atoms with E-state index in [9.17, 15) is 19.8 Å². The Hall–Kier alpha value is -1.60. The zero-order chi connectivity index (χ0) is 12.6. The highest BCUT2D eigenvalue weighted by molar-refractivity contribution is 4.92. The molecule has 1 fully saturated rings. The summed E-state index contributed by atoms with van der Waals surface area (Å²) >= 11 is 0. The van der Waals surface area contributed by atoms with Crippen LogP contribution in [-0.4, -0.2) is 66.2 Å². The molecule has 0 bridgehead atoms. The molecule has 10 N–H and O–H groups in total. The molecule has 11 heteroatoms. The van der Waals surface area contributed by atoms with Crippen molar-refractivity contribution in [1.82, 2.24) is 9.55 Å². The predicted octanol–water partition coefficient (Wildman–Crippen LogP) is -5.33. The van der Waals surface area contributed by atoms with Gasteiger partial charge >= 0.3 is 5.69 Å². The molecule has 1 aromatic heterocycles. The number of aromatic amines is 1. The van der Waals surface area contributed by atoms with Gasteiger partial charge in [0, 0.05) is 12.3 Å². The van der Waals surface area contributed by atoms with Gasteiger partial charge in [0.25, 0.3) is 5.56 Å². The molecular formula is C9H18N2O9. The number of hydrogen-bond donors (Lipinski definition) is 4. The second-order valence-electron chi connectivity index (χ2n) is 3.75. The van der Waals surface area contributed by atoms with Crippen LogP contribution >= 0.6 is 0 Å². The normalized spacial score (nSPS) is 27.9. The molecule has 0 radical (unpaired) electrons. The zero-order valence-corrected chi connectivity index (χ0v) is 10.2. The lowest BCUT2D eigenvalue weighted by Gasteiger charge is -2.16. The SMILES string of the molecule is O.O.O.O=c1ccn([C@@H]2O[C@H](CO)[C@@H](O)[C@H]2O)c(=O)[nH]1. The van der Waals surface area contributed by atoms with Crippen molar-refractivity contribution in [2.75, 3.05) is 6.61 Å². The van der Waals surface area contributed by atoms with Crippen molar-refractivity contribution in [1.29, 1.82) is 0 Å². The third kappa shape index (κ3) is 3.49. The van der Waals surface area contributed by atoms with Crippen LogP contribution in [0, 0.1) is 0 Å². The molecule has 0 amide bonds. The summed E-state index contributed by atoms with van der Waals surface area (Å²) in [5.41, 5.74) is -1.33. The first-order chi connectivity index (χ1) is 8.04. The lowest BCUT2D eigenvalue weighted by Crippen LogP contribution is -2.37. The van der Waals surface area contributed by atoms with Crippen molar-refractivity contribution < 1.29 is 36.5 Å². The van der Waals surface area contributed by atoms with Gasteiger partial charge in [-0.2, -0.15) is 0 Å². The summed E-state index contributed by atoms with van der Waals surface area (Å²) in [4.78, 5) is 24.3. The maximum Gasteiger partial charge on any atom is 0.330 e. The maximum absolute atomic E-state index is 11.4. The van der Waals surface area contributed by atoms with Gasteiger partial charge in [-0.1, -0.05) is 0 Å². The summed E-state index contributed by atoms with van der Waals surface area (Å²) in [5.74, 6) is 0. The Balaban J connectivity index is 0. The molecule has 11 nitrogen and oxygen atoms in total.